The van der Waals surface area contributed by atoms with Gasteiger partial charge in [0.05, 0.1) is 0 Å². The first-order valence-electron chi connectivity index (χ1n) is 9.01. The van der Waals surface area contributed by atoms with Gasteiger partial charge in [0.15, 0.2) is 0 Å². The number of benzene rings is 1. The summed E-state index contributed by atoms with van der Waals surface area (Å²) in [6.45, 7) is 5.89. The SMILES string of the molecule is CC(C)(C)OC(=O)C[C@H]1CCC[C@@H](NC(=O)OCc2ccccc2)C1. The summed E-state index contributed by atoms with van der Waals surface area (Å²) in [6.07, 6.45) is 3.72. The first-order chi connectivity index (χ1) is 11.8. The van der Waals surface area contributed by atoms with Crippen molar-refractivity contribution in [3.8, 4) is 0 Å². The van der Waals surface area contributed by atoms with E-state index in [0.29, 0.717) is 6.42 Å². The Morgan fingerprint density at radius 2 is 1.88 bits per heavy atom. The zero-order valence-electron chi connectivity index (χ0n) is 15.4. The van der Waals surface area contributed by atoms with E-state index in [9.17, 15) is 9.59 Å². The standard InChI is InChI=1S/C20H29NO4/c1-20(2,3)25-18(22)13-16-10-7-11-17(12-16)21-19(23)24-14-15-8-5-4-6-9-15/h4-6,8-9,16-17H,7,10-14H2,1-3H3,(H,21,23)/t16-,17+/m0/s1. The van der Waals surface area contributed by atoms with Crippen molar-refractivity contribution in [2.45, 2.75) is 71.1 Å². The van der Waals surface area contributed by atoms with Crippen LogP contribution in [0.5, 0.6) is 0 Å². The average Bonchev–Trinajstić information content (AvgIpc) is 2.52. The van der Waals surface area contributed by atoms with Crippen molar-refractivity contribution in [3.05, 3.63) is 35.9 Å². The number of carbonyl (C=O) groups excluding carboxylic acids is 2. The molecule has 1 aliphatic rings. The van der Waals surface area contributed by atoms with E-state index in [1.807, 2.05) is 51.1 Å². The van der Waals surface area contributed by atoms with E-state index in [0.717, 1.165) is 31.2 Å². The van der Waals surface area contributed by atoms with Crippen molar-refractivity contribution < 1.29 is 19.1 Å². The zero-order valence-corrected chi connectivity index (χ0v) is 15.4. The van der Waals surface area contributed by atoms with Crippen LogP contribution in [0.15, 0.2) is 30.3 Å². The molecule has 0 radical (unpaired) electrons. The number of alkyl carbamates (subject to hydrolysis) is 1. The summed E-state index contributed by atoms with van der Waals surface area (Å²) in [5, 5.41) is 2.93. The Kier molecular flexibility index (Phi) is 6.85. The molecule has 2 rings (SSSR count). The van der Waals surface area contributed by atoms with Gasteiger partial charge in [0.25, 0.3) is 0 Å². The lowest BCUT2D eigenvalue weighted by atomic mass is 9.84. The van der Waals surface area contributed by atoms with Crippen LogP contribution in [0, 0.1) is 5.92 Å². The van der Waals surface area contributed by atoms with Gasteiger partial charge < -0.3 is 14.8 Å². The molecular formula is C20H29NO4. The van der Waals surface area contributed by atoms with Gasteiger partial charge in [0, 0.05) is 12.5 Å². The Morgan fingerprint density at radius 1 is 1.16 bits per heavy atom. The molecule has 0 heterocycles. The van der Waals surface area contributed by atoms with Crippen molar-refractivity contribution in [3.63, 3.8) is 0 Å². The van der Waals surface area contributed by atoms with Gasteiger partial charge in [-0.3, -0.25) is 4.79 Å². The van der Waals surface area contributed by atoms with Crippen LogP contribution in [0.3, 0.4) is 0 Å². The van der Waals surface area contributed by atoms with Crippen molar-refractivity contribution in [2.75, 3.05) is 0 Å². The summed E-state index contributed by atoms with van der Waals surface area (Å²) in [4.78, 5) is 24.0. The van der Waals surface area contributed by atoms with Crippen LogP contribution in [0.2, 0.25) is 0 Å². The second-order valence-corrected chi connectivity index (χ2v) is 7.73. The predicted octanol–water partition coefficient (Wildman–Crippen LogP) is 4.20. The fraction of sp³-hybridized carbons (Fsp3) is 0.600. The molecule has 1 N–H and O–H groups in total. The Morgan fingerprint density at radius 3 is 2.56 bits per heavy atom. The number of ether oxygens (including phenoxy) is 2. The highest BCUT2D eigenvalue weighted by molar-refractivity contribution is 5.70. The number of carbonyl (C=O) groups is 2. The minimum absolute atomic E-state index is 0.0597. The van der Waals surface area contributed by atoms with Crippen LogP contribution < -0.4 is 5.32 Å². The Hall–Kier alpha value is -2.04. The molecule has 2 atom stereocenters. The first-order valence-corrected chi connectivity index (χ1v) is 9.01. The number of hydrogen-bond donors (Lipinski definition) is 1. The van der Waals surface area contributed by atoms with Crippen molar-refractivity contribution in [2.24, 2.45) is 5.92 Å². The normalized spacial score (nSPS) is 20.6. The number of rotatable bonds is 5. The van der Waals surface area contributed by atoms with Gasteiger partial charge in [-0.1, -0.05) is 36.8 Å². The third-order valence-electron chi connectivity index (χ3n) is 4.19. The third kappa shape index (κ3) is 7.59. The maximum atomic E-state index is 12.0. The summed E-state index contributed by atoms with van der Waals surface area (Å²) in [5.74, 6) is 0.0906. The summed E-state index contributed by atoms with van der Waals surface area (Å²) >= 11 is 0. The maximum absolute atomic E-state index is 12.0. The monoisotopic (exact) mass is 347 g/mol. The van der Waals surface area contributed by atoms with Crippen LogP contribution in [0.25, 0.3) is 0 Å². The molecule has 1 aromatic carbocycles. The number of amides is 1. The molecule has 1 amide bonds. The van der Waals surface area contributed by atoms with Gasteiger partial charge in [-0.2, -0.15) is 0 Å². The molecule has 0 bridgehead atoms. The van der Waals surface area contributed by atoms with Crippen LogP contribution in [-0.2, 0) is 20.9 Å². The fourth-order valence-corrected chi connectivity index (χ4v) is 3.16. The molecule has 5 nitrogen and oxygen atoms in total. The molecule has 0 saturated heterocycles. The summed E-state index contributed by atoms with van der Waals surface area (Å²) in [7, 11) is 0. The van der Waals surface area contributed by atoms with E-state index < -0.39 is 11.7 Å². The van der Waals surface area contributed by atoms with Gasteiger partial charge in [-0.05, 0) is 51.5 Å². The summed E-state index contributed by atoms with van der Waals surface area (Å²) in [5.41, 5.74) is 0.508. The number of hydrogen-bond acceptors (Lipinski definition) is 4. The highest BCUT2D eigenvalue weighted by Crippen LogP contribution is 2.28. The first kappa shape index (κ1) is 19.3. The Bertz CT molecular complexity index is 565. The molecule has 0 aliphatic heterocycles. The van der Waals surface area contributed by atoms with Crippen LogP contribution in [0.1, 0.15) is 58.4 Å². The van der Waals surface area contributed by atoms with Crippen LogP contribution >= 0.6 is 0 Å². The lowest BCUT2D eigenvalue weighted by molar-refractivity contribution is -0.156. The van der Waals surface area contributed by atoms with Crippen LogP contribution in [-0.4, -0.2) is 23.7 Å². The maximum Gasteiger partial charge on any atom is 0.407 e. The van der Waals surface area contributed by atoms with E-state index in [1.54, 1.807) is 0 Å². The minimum Gasteiger partial charge on any atom is -0.460 e. The smallest absolute Gasteiger partial charge is 0.407 e. The molecule has 138 valence electrons. The Balaban J connectivity index is 1.73. The molecule has 1 aliphatic carbocycles. The quantitative estimate of drug-likeness (QED) is 0.811. The molecule has 5 heteroatoms. The summed E-state index contributed by atoms with van der Waals surface area (Å²) < 4.78 is 10.7. The van der Waals surface area contributed by atoms with Gasteiger partial charge in [-0.15, -0.1) is 0 Å². The molecule has 1 saturated carbocycles. The summed E-state index contributed by atoms with van der Waals surface area (Å²) in [6, 6.07) is 9.66. The van der Waals surface area contributed by atoms with Gasteiger partial charge in [0.2, 0.25) is 0 Å². The molecule has 25 heavy (non-hydrogen) atoms. The van der Waals surface area contributed by atoms with E-state index >= 15 is 0 Å². The molecule has 0 unspecified atom stereocenters. The van der Waals surface area contributed by atoms with Crippen molar-refractivity contribution in [1.29, 1.82) is 0 Å². The molecule has 1 fully saturated rings. The van der Waals surface area contributed by atoms with Gasteiger partial charge >= 0.3 is 12.1 Å². The van der Waals surface area contributed by atoms with Gasteiger partial charge in [0.1, 0.15) is 12.2 Å². The number of nitrogens with one attached hydrogen (secondary N) is 1. The molecule has 1 aromatic rings. The molecular weight excluding hydrogens is 318 g/mol. The topological polar surface area (TPSA) is 64.6 Å². The number of esters is 1. The fourth-order valence-electron chi connectivity index (χ4n) is 3.16. The van der Waals surface area contributed by atoms with E-state index in [2.05, 4.69) is 5.32 Å². The molecule has 0 aromatic heterocycles. The second-order valence-electron chi connectivity index (χ2n) is 7.73. The lowest BCUT2D eigenvalue weighted by Crippen LogP contribution is -2.39. The third-order valence-corrected chi connectivity index (χ3v) is 4.19. The predicted molar refractivity (Wildman–Crippen MR) is 96.0 cm³/mol. The Labute approximate surface area is 150 Å². The highest BCUT2D eigenvalue weighted by Gasteiger charge is 2.27. The highest BCUT2D eigenvalue weighted by atomic mass is 16.6. The largest absolute Gasteiger partial charge is 0.460 e. The van der Waals surface area contributed by atoms with E-state index in [4.69, 9.17) is 9.47 Å². The minimum atomic E-state index is -0.454. The van der Waals surface area contributed by atoms with Crippen LogP contribution in [0.4, 0.5) is 4.79 Å². The van der Waals surface area contributed by atoms with E-state index in [1.165, 1.54) is 0 Å². The van der Waals surface area contributed by atoms with Crippen molar-refractivity contribution >= 4 is 12.1 Å². The zero-order chi connectivity index (χ0) is 18.3. The van der Waals surface area contributed by atoms with E-state index in [-0.39, 0.29) is 24.5 Å². The second kappa shape index (κ2) is 8.88. The van der Waals surface area contributed by atoms with Crippen molar-refractivity contribution in [1.82, 2.24) is 5.32 Å². The van der Waals surface area contributed by atoms with Gasteiger partial charge in [-0.25, -0.2) is 4.79 Å². The molecule has 0 spiro atoms. The lowest BCUT2D eigenvalue weighted by Gasteiger charge is -2.30. The average molecular weight is 347 g/mol.